The zero-order chi connectivity index (χ0) is 18.0. The Kier molecular flexibility index (Phi) is 5.27. The Balaban J connectivity index is 1.56. The molecule has 2 amide bonds. The molecule has 0 saturated carbocycles. The lowest BCUT2D eigenvalue weighted by Gasteiger charge is -2.34. The van der Waals surface area contributed by atoms with Crippen LogP contribution in [0.5, 0.6) is 0 Å². The highest BCUT2D eigenvalue weighted by molar-refractivity contribution is 5.89. The lowest BCUT2D eigenvalue weighted by atomic mass is 10.0. The monoisotopic (exact) mass is 344 g/mol. The fourth-order valence-electron chi connectivity index (χ4n) is 3.49. The number of nitrogens with zero attached hydrogens (tertiary/aromatic N) is 3. The molecule has 0 aliphatic carbocycles. The summed E-state index contributed by atoms with van der Waals surface area (Å²) in [6.45, 7) is 6.77. The van der Waals surface area contributed by atoms with Crippen molar-refractivity contribution in [3.05, 3.63) is 29.8 Å². The first-order valence-corrected chi connectivity index (χ1v) is 9.02. The van der Waals surface area contributed by atoms with E-state index >= 15 is 0 Å². The topological polar surface area (TPSA) is 55.9 Å². The van der Waals surface area contributed by atoms with Gasteiger partial charge in [0.2, 0.25) is 11.8 Å². The van der Waals surface area contributed by atoms with Crippen LogP contribution in [0.1, 0.15) is 24.9 Å². The van der Waals surface area contributed by atoms with Crippen LogP contribution in [0.2, 0.25) is 0 Å². The Hall–Kier alpha value is -2.08. The molecule has 0 spiro atoms. The van der Waals surface area contributed by atoms with Gasteiger partial charge in [0, 0.05) is 51.9 Å². The van der Waals surface area contributed by atoms with E-state index in [1.54, 1.807) is 11.9 Å². The first kappa shape index (κ1) is 17.7. The highest BCUT2D eigenvalue weighted by Crippen LogP contribution is 2.22. The highest BCUT2D eigenvalue weighted by atomic mass is 16.2. The first-order chi connectivity index (χ1) is 11.9. The second-order valence-electron chi connectivity index (χ2n) is 7.29. The van der Waals surface area contributed by atoms with E-state index in [4.69, 9.17) is 0 Å². The van der Waals surface area contributed by atoms with E-state index in [0.717, 1.165) is 31.7 Å². The summed E-state index contributed by atoms with van der Waals surface area (Å²) in [5.41, 5.74) is 2.32. The predicted molar refractivity (Wildman–Crippen MR) is 98.5 cm³/mol. The number of carbonyl (C=O) groups is 2. The molecule has 1 N–H and O–H groups in total. The summed E-state index contributed by atoms with van der Waals surface area (Å²) in [6, 6.07) is 8.39. The van der Waals surface area contributed by atoms with Gasteiger partial charge in [-0.05, 0) is 31.7 Å². The third-order valence-electron chi connectivity index (χ3n) is 5.33. The largest absolute Gasteiger partial charge is 0.369 e. The van der Waals surface area contributed by atoms with Gasteiger partial charge in [0.05, 0.1) is 12.0 Å². The number of likely N-dealkylation sites (tertiary alicyclic amines) is 1. The van der Waals surface area contributed by atoms with Crippen molar-refractivity contribution in [1.82, 2.24) is 15.1 Å². The van der Waals surface area contributed by atoms with Crippen LogP contribution in [0.25, 0.3) is 0 Å². The van der Waals surface area contributed by atoms with Crippen LogP contribution < -0.4 is 10.2 Å². The van der Waals surface area contributed by atoms with Gasteiger partial charge in [-0.2, -0.15) is 0 Å². The van der Waals surface area contributed by atoms with E-state index in [9.17, 15) is 9.59 Å². The van der Waals surface area contributed by atoms with E-state index in [-0.39, 0.29) is 23.8 Å². The van der Waals surface area contributed by atoms with E-state index in [1.165, 1.54) is 5.69 Å². The molecular weight excluding hydrogens is 316 g/mol. The Bertz CT molecular complexity index is 623. The molecule has 2 aliphatic heterocycles. The van der Waals surface area contributed by atoms with Crippen LogP contribution in [0.4, 0.5) is 5.69 Å². The second-order valence-corrected chi connectivity index (χ2v) is 7.29. The third-order valence-corrected chi connectivity index (χ3v) is 5.33. The lowest BCUT2D eigenvalue weighted by Crippen LogP contribution is -2.44. The highest BCUT2D eigenvalue weighted by Gasteiger charge is 2.32. The van der Waals surface area contributed by atoms with Crippen LogP contribution in [0, 0.1) is 5.92 Å². The molecule has 1 aromatic rings. The van der Waals surface area contributed by atoms with Crippen molar-refractivity contribution in [1.29, 1.82) is 0 Å². The molecule has 3 rings (SSSR count). The summed E-state index contributed by atoms with van der Waals surface area (Å²) in [7, 11) is 3.90. The molecule has 136 valence electrons. The number of rotatable bonds is 4. The first-order valence-electron chi connectivity index (χ1n) is 9.02. The quantitative estimate of drug-likeness (QED) is 0.889. The van der Waals surface area contributed by atoms with Crippen LogP contribution in [-0.4, -0.2) is 68.4 Å². The van der Waals surface area contributed by atoms with Gasteiger partial charge >= 0.3 is 0 Å². The lowest BCUT2D eigenvalue weighted by molar-refractivity contribution is -0.128. The van der Waals surface area contributed by atoms with Gasteiger partial charge in [-0.15, -0.1) is 0 Å². The average Bonchev–Trinajstić information content (AvgIpc) is 2.95. The summed E-state index contributed by atoms with van der Waals surface area (Å²) in [5.74, 6) is -0.220. The average molecular weight is 344 g/mol. The van der Waals surface area contributed by atoms with Crippen molar-refractivity contribution in [3.63, 3.8) is 0 Å². The summed E-state index contributed by atoms with van der Waals surface area (Å²) in [4.78, 5) is 30.3. The van der Waals surface area contributed by atoms with Gasteiger partial charge in [-0.25, -0.2) is 0 Å². The molecule has 2 aliphatic rings. The molecule has 0 radical (unpaired) electrons. The number of nitrogens with one attached hydrogen (secondary N) is 1. The van der Waals surface area contributed by atoms with Crippen molar-refractivity contribution < 1.29 is 9.59 Å². The Labute approximate surface area is 149 Å². The van der Waals surface area contributed by atoms with E-state index in [1.807, 2.05) is 6.92 Å². The molecule has 0 bridgehead atoms. The SMILES string of the molecule is C[C@@H](NC(=O)[C@@H]1CC(=O)N(C)C1)c1ccc(N2CCN(C)CC2)cc1. The summed E-state index contributed by atoms with van der Waals surface area (Å²) >= 11 is 0. The van der Waals surface area contributed by atoms with Gasteiger partial charge in [0.1, 0.15) is 0 Å². The summed E-state index contributed by atoms with van der Waals surface area (Å²) in [6.07, 6.45) is 0.317. The number of anilines is 1. The maximum absolute atomic E-state index is 12.4. The molecule has 0 aromatic heterocycles. The third kappa shape index (κ3) is 4.12. The number of piperazine rings is 1. The number of carbonyl (C=O) groups excluding carboxylic acids is 2. The smallest absolute Gasteiger partial charge is 0.225 e. The van der Waals surface area contributed by atoms with Crippen LogP contribution in [0.3, 0.4) is 0 Å². The molecular formula is C19H28N4O2. The predicted octanol–water partition coefficient (Wildman–Crippen LogP) is 1.09. The molecule has 25 heavy (non-hydrogen) atoms. The zero-order valence-electron chi connectivity index (χ0n) is 15.4. The van der Waals surface area contributed by atoms with Crippen molar-refractivity contribution >= 4 is 17.5 Å². The van der Waals surface area contributed by atoms with Crippen LogP contribution in [0.15, 0.2) is 24.3 Å². The maximum atomic E-state index is 12.4. The normalized spacial score (nSPS) is 23.0. The molecule has 2 atom stereocenters. The van der Waals surface area contributed by atoms with Gasteiger partial charge in [0.15, 0.2) is 0 Å². The van der Waals surface area contributed by atoms with E-state index in [2.05, 4.69) is 46.4 Å². The van der Waals surface area contributed by atoms with E-state index < -0.39 is 0 Å². The summed E-state index contributed by atoms with van der Waals surface area (Å²) < 4.78 is 0. The van der Waals surface area contributed by atoms with Gasteiger partial charge in [-0.3, -0.25) is 9.59 Å². The minimum Gasteiger partial charge on any atom is -0.369 e. The Morgan fingerprint density at radius 1 is 1.12 bits per heavy atom. The minimum absolute atomic E-state index is 0.0339. The number of amides is 2. The Morgan fingerprint density at radius 3 is 2.32 bits per heavy atom. The molecule has 2 heterocycles. The van der Waals surface area contributed by atoms with Gasteiger partial charge < -0.3 is 20.0 Å². The Morgan fingerprint density at radius 2 is 1.76 bits per heavy atom. The van der Waals surface area contributed by atoms with E-state index in [0.29, 0.717) is 13.0 Å². The molecule has 1 aromatic carbocycles. The minimum atomic E-state index is -0.232. The van der Waals surface area contributed by atoms with Crippen molar-refractivity contribution in [3.8, 4) is 0 Å². The second kappa shape index (κ2) is 7.44. The molecule has 2 saturated heterocycles. The van der Waals surface area contributed by atoms with Gasteiger partial charge in [-0.1, -0.05) is 12.1 Å². The molecule has 2 fully saturated rings. The number of likely N-dealkylation sites (N-methyl/N-ethyl adjacent to an activating group) is 1. The molecule has 6 heteroatoms. The van der Waals surface area contributed by atoms with Crippen molar-refractivity contribution in [2.45, 2.75) is 19.4 Å². The van der Waals surface area contributed by atoms with Crippen LogP contribution in [-0.2, 0) is 9.59 Å². The van der Waals surface area contributed by atoms with Gasteiger partial charge in [0.25, 0.3) is 0 Å². The fourth-order valence-corrected chi connectivity index (χ4v) is 3.49. The standard InChI is InChI=1S/C19H28N4O2/c1-14(20-19(25)16-12-18(24)22(3)13-16)15-4-6-17(7-5-15)23-10-8-21(2)9-11-23/h4-7,14,16H,8-13H2,1-3H3,(H,20,25)/t14-,16-/m1/s1. The zero-order valence-corrected chi connectivity index (χ0v) is 15.4. The molecule has 6 nitrogen and oxygen atoms in total. The number of hydrogen-bond donors (Lipinski definition) is 1. The van der Waals surface area contributed by atoms with Crippen molar-refractivity contribution in [2.24, 2.45) is 5.92 Å². The number of hydrogen-bond acceptors (Lipinski definition) is 4. The number of benzene rings is 1. The van der Waals surface area contributed by atoms with Crippen molar-refractivity contribution in [2.75, 3.05) is 51.7 Å². The fraction of sp³-hybridized carbons (Fsp3) is 0.579. The maximum Gasteiger partial charge on any atom is 0.225 e. The van der Waals surface area contributed by atoms with Crippen LogP contribution >= 0.6 is 0 Å². The summed E-state index contributed by atoms with van der Waals surface area (Å²) in [5, 5.41) is 3.05. The molecule has 0 unspecified atom stereocenters.